The standard InChI is InChI=1S/C22H19NO4S2/c1-15-9-11-18(12-10-15)29(26,27)21-19(16-6-3-2-4-7-16)23(22(25)20(21)24)14-17-8-5-13-28-17/h2-13,19,24H,14H2,1H3/t19-/m1/s1. The van der Waals surface area contributed by atoms with Crippen LogP contribution >= 0.6 is 11.3 Å². The molecule has 0 unspecified atom stereocenters. The van der Waals surface area contributed by atoms with Crippen LogP contribution in [0.2, 0.25) is 0 Å². The number of amides is 1. The minimum atomic E-state index is -4.08. The summed E-state index contributed by atoms with van der Waals surface area (Å²) in [5.41, 5.74) is 1.55. The van der Waals surface area contributed by atoms with Gasteiger partial charge in [-0.25, -0.2) is 8.42 Å². The Hall–Kier alpha value is -2.90. The number of carbonyl (C=O) groups is 1. The van der Waals surface area contributed by atoms with Gasteiger partial charge in [-0.1, -0.05) is 54.1 Å². The van der Waals surface area contributed by atoms with Gasteiger partial charge >= 0.3 is 0 Å². The van der Waals surface area contributed by atoms with Gasteiger partial charge in [0.1, 0.15) is 4.91 Å². The molecular formula is C22H19NO4S2. The van der Waals surface area contributed by atoms with Crippen molar-refractivity contribution in [2.75, 3.05) is 0 Å². The molecule has 29 heavy (non-hydrogen) atoms. The normalized spacial score (nSPS) is 17.2. The fourth-order valence-electron chi connectivity index (χ4n) is 3.45. The number of nitrogens with zero attached hydrogens (tertiary/aromatic N) is 1. The molecule has 148 valence electrons. The van der Waals surface area contributed by atoms with E-state index in [1.807, 2.05) is 30.5 Å². The van der Waals surface area contributed by atoms with Crippen LogP contribution in [0.4, 0.5) is 0 Å². The second-order valence-electron chi connectivity index (χ2n) is 6.85. The van der Waals surface area contributed by atoms with E-state index >= 15 is 0 Å². The Balaban J connectivity index is 1.86. The van der Waals surface area contributed by atoms with Crippen molar-refractivity contribution in [2.24, 2.45) is 0 Å². The van der Waals surface area contributed by atoms with E-state index in [2.05, 4.69) is 0 Å². The van der Waals surface area contributed by atoms with Crippen molar-refractivity contribution in [3.05, 3.63) is 98.8 Å². The molecule has 2 heterocycles. The summed E-state index contributed by atoms with van der Waals surface area (Å²) in [7, 11) is -4.08. The first-order valence-corrected chi connectivity index (χ1v) is 11.4. The van der Waals surface area contributed by atoms with Gasteiger partial charge in [-0.15, -0.1) is 11.3 Å². The molecule has 4 rings (SSSR count). The lowest BCUT2D eigenvalue weighted by Crippen LogP contribution is -2.30. The van der Waals surface area contributed by atoms with Gasteiger partial charge in [-0.2, -0.15) is 0 Å². The highest BCUT2D eigenvalue weighted by atomic mass is 32.2. The van der Waals surface area contributed by atoms with E-state index in [1.165, 1.54) is 28.4 Å². The number of aliphatic hydroxyl groups excluding tert-OH is 1. The van der Waals surface area contributed by atoms with Crippen molar-refractivity contribution in [3.8, 4) is 0 Å². The first-order chi connectivity index (χ1) is 13.9. The van der Waals surface area contributed by atoms with Crippen LogP contribution in [0.5, 0.6) is 0 Å². The van der Waals surface area contributed by atoms with Crippen LogP contribution in [0.25, 0.3) is 0 Å². The number of sulfone groups is 1. The Morgan fingerprint density at radius 2 is 1.69 bits per heavy atom. The van der Waals surface area contributed by atoms with Crippen molar-refractivity contribution >= 4 is 27.1 Å². The third-order valence-corrected chi connectivity index (χ3v) is 7.65. The predicted molar refractivity (Wildman–Crippen MR) is 112 cm³/mol. The molecule has 1 amide bonds. The monoisotopic (exact) mass is 425 g/mol. The minimum absolute atomic E-state index is 0.0522. The summed E-state index contributed by atoms with van der Waals surface area (Å²) in [6, 6.07) is 18.2. The number of hydrogen-bond acceptors (Lipinski definition) is 5. The number of aliphatic hydroxyl groups is 1. The molecule has 0 saturated carbocycles. The van der Waals surface area contributed by atoms with E-state index in [1.54, 1.807) is 36.4 Å². The maximum atomic E-state index is 13.4. The number of hydrogen-bond donors (Lipinski definition) is 1. The summed E-state index contributed by atoms with van der Waals surface area (Å²) >= 11 is 1.47. The molecule has 3 aromatic rings. The molecule has 7 heteroatoms. The zero-order valence-electron chi connectivity index (χ0n) is 15.6. The lowest BCUT2D eigenvalue weighted by atomic mass is 10.1. The highest BCUT2D eigenvalue weighted by Crippen LogP contribution is 2.43. The maximum absolute atomic E-state index is 13.4. The molecule has 1 aliphatic rings. The van der Waals surface area contributed by atoms with Gasteiger partial charge in [0.15, 0.2) is 5.76 Å². The van der Waals surface area contributed by atoms with E-state index in [0.717, 1.165) is 10.4 Å². The highest BCUT2D eigenvalue weighted by Gasteiger charge is 2.46. The van der Waals surface area contributed by atoms with Gasteiger partial charge in [0.2, 0.25) is 9.84 Å². The molecule has 0 radical (unpaired) electrons. The van der Waals surface area contributed by atoms with Crippen LogP contribution < -0.4 is 0 Å². The van der Waals surface area contributed by atoms with Crippen LogP contribution in [0.3, 0.4) is 0 Å². The topological polar surface area (TPSA) is 74.7 Å². The minimum Gasteiger partial charge on any atom is -0.502 e. The van der Waals surface area contributed by atoms with Crippen molar-refractivity contribution in [1.82, 2.24) is 4.90 Å². The summed E-state index contributed by atoms with van der Waals surface area (Å²) in [5, 5.41) is 12.5. The van der Waals surface area contributed by atoms with E-state index in [4.69, 9.17) is 0 Å². The zero-order chi connectivity index (χ0) is 20.6. The van der Waals surface area contributed by atoms with Crippen molar-refractivity contribution in [2.45, 2.75) is 24.4 Å². The Kier molecular flexibility index (Phi) is 5.02. The zero-order valence-corrected chi connectivity index (χ0v) is 17.3. The smallest absolute Gasteiger partial charge is 0.290 e. The van der Waals surface area contributed by atoms with Gasteiger partial charge in [0, 0.05) is 4.88 Å². The predicted octanol–water partition coefficient (Wildman–Crippen LogP) is 4.38. The number of benzene rings is 2. The Morgan fingerprint density at radius 3 is 2.31 bits per heavy atom. The second-order valence-corrected chi connectivity index (χ2v) is 9.81. The molecule has 5 nitrogen and oxygen atoms in total. The second kappa shape index (κ2) is 7.50. The van der Waals surface area contributed by atoms with Gasteiger partial charge in [-0.05, 0) is 36.1 Å². The van der Waals surface area contributed by atoms with Gasteiger partial charge < -0.3 is 10.0 Å². The molecule has 1 aliphatic heterocycles. The Labute approximate surface area is 173 Å². The number of rotatable bonds is 5. The average molecular weight is 426 g/mol. The van der Waals surface area contributed by atoms with Gasteiger partial charge in [0.05, 0.1) is 17.5 Å². The molecule has 1 aromatic heterocycles. The molecule has 1 N–H and O–H groups in total. The summed E-state index contributed by atoms with van der Waals surface area (Å²) in [6.07, 6.45) is 0. The van der Waals surface area contributed by atoms with Gasteiger partial charge in [0.25, 0.3) is 5.91 Å². The summed E-state index contributed by atoms with van der Waals surface area (Å²) in [5.74, 6) is -1.39. The maximum Gasteiger partial charge on any atom is 0.290 e. The van der Waals surface area contributed by atoms with Crippen molar-refractivity contribution in [3.63, 3.8) is 0 Å². The van der Waals surface area contributed by atoms with Crippen molar-refractivity contribution in [1.29, 1.82) is 0 Å². The molecule has 1 atom stereocenters. The third-order valence-electron chi connectivity index (χ3n) is 4.90. The molecule has 0 aliphatic carbocycles. The van der Waals surface area contributed by atoms with E-state index in [9.17, 15) is 18.3 Å². The molecular weight excluding hydrogens is 406 g/mol. The van der Waals surface area contributed by atoms with Crippen molar-refractivity contribution < 1.29 is 18.3 Å². The van der Waals surface area contributed by atoms with Crippen LogP contribution in [0.1, 0.15) is 22.0 Å². The molecule has 0 fully saturated rings. The first-order valence-electron chi connectivity index (χ1n) is 9.03. The molecule has 0 saturated heterocycles. The van der Waals surface area contributed by atoms with Crippen LogP contribution in [0.15, 0.2) is 87.7 Å². The average Bonchev–Trinajstić information content (AvgIpc) is 3.31. The highest BCUT2D eigenvalue weighted by molar-refractivity contribution is 7.95. The number of carbonyl (C=O) groups excluding carboxylic acids is 1. The van der Waals surface area contributed by atoms with E-state index in [-0.39, 0.29) is 16.3 Å². The fourth-order valence-corrected chi connectivity index (χ4v) is 5.80. The van der Waals surface area contributed by atoms with E-state index < -0.39 is 27.5 Å². The Morgan fingerprint density at radius 1 is 1.00 bits per heavy atom. The van der Waals surface area contributed by atoms with Crippen LogP contribution in [0, 0.1) is 6.92 Å². The summed E-state index contributed by atoms with van der Waals surface area (Å²) in [6.45, 7) is 2.08. The number of aryl methyl sites for hydroxylation is 1. The first kappa shape index (κ1) is 19.4. The Bertz CT molecular complexity index is 1170. The van der Waals surface area contributed by atoms with Gasteiger partial charge in [-0.3, -0.25) is 4.79 Å². The van der Waals surface area contributed by atoms with E-state index in [0.29, 0.717) is 5.56 Å². The third kappa shape index (κ3) is 3.47. The summed E-state index contributed by atoms with van der Waals surface area (Å²) in [4.78, 5) is 15.0. The number of thiophene rings is 1. The largest absolute Gasteiger partial charge is 0.502 e. The molecule has 0 spiro atoms. The fraction of sp³-hybridized carbons (Fsp3) is 0.136. The molecule has 0 bridgehead atoms. The SMILES string of the molecule is Cc1ccc(S(=O)(=O)C2=C(O)C(=O)N(Cc3cccs3)[C@@H]2c2ccccc2)cc1. The quantitative estimate of drug-likeness (QED) is 0.658. The lowest BCUT2D eigenvalue weighted by molar-refractivity contribution is -0.130. The van der Waals surface area contributed by atoms with Crippen LogP contribution in [-0.2, 0) is 21.2 Å². The lowest BCUT2D eigenvalue weighted by Gasteiger charge is -2.26. The van der Waals surface area contributed by atoms with Crippen LogP contribution in [-0.4, -0.2) is 24.3 Å². The molecule has 2 aromatic carbocycles. The summed E-state index contributed by atoms with van der Waals surface area (Å²) < 4.78 is 26.9.